The van der Waals surface area contributed by atoms with E-state index in [0.717, 1.165) is 0 Å². The van der Waals surface area contributed by atoms with Crippen molar-refractivity contribution in [2.45, 2.75) is 6.04 Å². The van der Waals surface area contributed by atoms with Crippen LogP contribution in [0, 0.1) is 0 Å². The third kappa shape index (κ3) is 3.30. The van der Waals surface area contributed by atoms with Crippen molar-refractivity contribution in [2.75, 3.05) is 34.2 Å². The van der Waals surface area contributed by atoms with Gasteiger partial charge < -0.3 is 10.6 Å². The van der Waals surface area contributed by atoms with Gasteiger partial charge in [0.15, 0.2) is 0 Å². The van der Waals surface area contributed by atoms with Crippen molar-refractivity contribution < 1.29 is 4.79 Å². The van der Waals surface area contributed by atoms with Gasteiger partial charge in [0, 0.05) is 26.7 Å². The lowest BCUT2D eigenvalue weighted by atomic mass is 10.1. The lowest BCUT2D eigenvalue weighted by Crippen LogP contribution is -2.38. The topological polar surface area (TPSA) is 49.6 Å². The van der Waals surface area contributed by atoms with E-state index in [1.165, 1.54) is 5.56 Å². The summed E-state index contributed by atoms with van der Waals surface area (Å²) in [4.78, 5) is 15.2. The monoisotopic (exact) mass is 241 g/mol. The van der Waals surface area contributed by atoms with Crippen LogP contribution in [-0.4, -0.2) is 49.9 Å². The predicted molar refractivity (Wildman–Crippen MR) is 67.4 cm³/mol. The van der Waals surface area contributed by atoms with Gasteiger partial charge in [-0.25, -0.2) is 0 Å². The molecule has 5 heteroatoms. The molecule has 1 aromatic rings. The molecular formula is C11H19N3OS. The van der Waals surface area contributed by atoms with Crippen molar-refractivity contribution in [2.24, 2.45) is 5.73 Å². The second kappa shape index (κ2) is 5.98. The molecule has 4 nitrogen and oxygen atoms in total. The van der Waals surface area contributed by atoms with Crippen LogP contribution in [0.4, 0.5) is 0 Å². The van der Waals surface area contributed by atoms with E-state index >= 15 is 0 Å². The molecule has 0 radical (unpaired) electrons. The molecule has 90 valence electrons. The number of carbonyl (C=O) groups is 1. The van der Waals surface area contributed by atoms with Gasteiger partial charge in [-0.2, -0.15) is 11.3 Å². The first-order valence-corrected chi connectivity index (χ1v) is 6.13. The van der Waals surface area contributed by atoms with E-state index in [1.54, 1.807) is 30.3 Å². The number of rotatable bonds is 5. The third-order valence-electron chi connectivity index (χ3n) is 2.57. The van der Waals surface area contributed by atoms with Crippen LogP contribution in [0.25, 0.3) is 0 Å². The summed E-state index contributed by atoms with van der Waals surface area (Å²) in [5.74, 6) is 0.0937. The fraction of sp³-hybridized carbons (Fsp3) is 0.545. The molecule has 0 spiro atoms. The number of hydrogen-bond acceptors (Lipinski definition) is 4. The van der Waals surface area contributed by atoms with Crippen molar-refractivity contribution in [1.29, 1.82) is 0 Å². The van der Waals surface area contributed by atoms with Gasteiger partial charge in [0.25, 0.3) is 0 Å². The Morgan fingerprint density at radius 3 is 2.62 bits per heavy atom. The quantitative estimate of drug-likeness (QED) is 0.828. The maximum Gasteiger partial charge on any atom is 0.236 e. The van der Waals surface area contributed by atoms with Gasteiger partial charge in [0.05, 0.1) is 6.54 Å². The van der Waals surface area contributed by atoms with Gasteiger partial charge in [-0.1, -0.05) is 0 Å². The average Bonchev–Trinajstić information content (AvgIpc) is 2.72. The third-order valence-corrected chi connectivity index (χ3v) is 3.27. The lowest BCUT2D eigenvalue weighted by molar-refractivity contribution is -0.130. The van der Waals surface area contributed by atoms with Crippen LogP contribution in [0.15, 0.2) is 16.8 Å². The molecule has 0 aliphatic heterocycles. The highest BCUT2D eigenvalue weighted by Crippen LogP contribution is 2.20. The number of likely N-dealkylation sites (N-methyl/N-ethyl adjacent to an activating group) is 2. The largest absolute Gasteiger partial charge is 0.348 e. The molecule has 0 saturated carbocycles. The Morgan fingerprint density at radius 1 is 1.50 bits per heavy atom. The summed E-state index contributed by atoms with van der Waals surface area (Å²) in [6.45, 7) is 0.915. The average molecular weight is 241 g/mol. The van der Waals surface area contributed by atoms with Crippen LogP contribution in [0.3, 0.4) is 0 Å². The van der Waals surface area contributed by atoms with Gasteiger partial charge in [-0.05, 0) is 29.4 Å². The van der Waals surface area contributed by atoms with Crippen molar-refractivity contribution in [1.82, 2.24) is 9.80 Å². The summed E-state index contributed by atoms with van der Waals surface area (Å²) in [7, 11) is 5.45. The zero-order valence-corrected chi connectivity index (χ0v) is 10.8. The molecule has 2 N–H and O–H groups in total. The van der Waals surface area contributed by atoms with E-state index in [2.05, 4.69) is 11.4 Å². The number of carbonyl (C=O) groups excluding carboxylic acids is 1. The minimum atomic E-state index is 0.0937. The highest BCUT2D eigenvalue weighted by Gasteiger charge is 2.18. The first-order chi connectivity index (χ1) is 7.56. The van der Waals surface area contributed by atoms with Crippen LogP contribution in [-0.2, 0) is 4.79 Å². The number of amides is 1. The number of nitrogens with zero attached hydrogens (tertiary/aromatic N) is 2. The number of thiophene rings is 1. The number of nitrogens with two attached hydrogens (primary N) is 1. The molecule has 0 aliphatic carbocycles. The second-order valence-corrected chi connectivity index (χ2v) is 4.79. The summed E-state index contributed by atoms with van der Waals surface area (Å²) < 4.78 is 0. The van der Waals surface area contributed by atoms with E-state index < -0.39 is 0 Å². The fourth-order valence-electron chi connectivity index (χ4n) is 1.50. The molecule has 0 aliphatic rings. The Hall–Kier alpha value is -0.910. The maximum atomic E-state index is 11.6. The van der Waals surface area contributed by atoms with Crippen molar-refractivity contribution >= 4 is 17.2 Å². The summed E-state index contributed by atoms with van der Waals surface area (Å²) in [5.41, 5.74) is 6.94. The molecule has 16 heavy (non-hydrogen) atoms. The smallest absolute Gasteiger partial charge is 0.236 e. The molecule has 1 atom stereocenters. The Balaban J connectivity index is 2.64. The molecule has 1 amide bonds. The molecule has 0 bridgehead atoms. The zero-order valence-electron chi connectivity index (χ0n) is 10.0. The Morgan fingerprint density at radius 2 is 2.19 bits per heavy atom. The minimum Gasteiger partial charge on any atom is -0.348 e. The van der Waals surface area contributed by atoms with E-state index in [9.17, 15) is 4.79 Å². The van der Waals surface area contributed by atoms with Crippen LogP contribution < -0.4 is 5.73 Å². The minimum absolute atomic E-state index is 0.0937. The van der Waals surface area contributed by atoms with Gasteiger partial charge in [-0.15, -0.1) is 0 Å². The zero-order chi connectivity index (χ0) is 12.1. The molecule has 0 aromatic carbocycles. The van der Waals surface area contributed by atoms with Crippen molar-refractivity contribution in [3.63, 3.8) is 0 Å². The molecule has 1 rings (SSSR count). The lowest BCUT2D eigenvalue weighted by Gasteiger charge is -2.26. The highest BCUT2D eigenvalue weighted by atomic mass is 32.1. The molecule has 1 unspecified atom stereocenters. The second-order valence-electron chi connectivity index (χ2n) is 4.01. The Labute approximate surface area is 101 Å². The van der Waals surface area contributed by atoms with Crippen LogP contribution in [0.5, 0.6) is 0 Å². The van der Waals surface area contributed by atoms with Crippen LogP contribution >= 0.6 is 11.3 Å². The standard InChI is InChI=1S/C11H19N3OS/c1-13(2)11(15)7-14(3)10(6-12)9-4-5-16-8-9/h4-5,8,10H,6-7,12H2,1-3H3. The van der Waals surface area contributed by atoms with E-state index in [4.69, 9.17) is 5.73 Å². The van der Waals surface area contributed by atoms with Crippen molar-refractivity contribution in [3.8, 4) is 0 Å². The van der Waals surface area contributed by atoms with Gasteiger partial charge in [0.1, 0.15) is 0 Å². The first-order valence-electron chi connectivity index (χ1n) is 5.18. The number of hydrogen-bond donors (Lipinski definition) is 1. The van der Waals surface area contributed by atoms with E-state index in [1.807, 2.05) is 17.3 Å². The Bertz CT molecular complexity index is 324. The first kappa shape index (κ1) is 13.2. The summed E-state index contributed by atoms with van der Waals surface area (Å²) in [6.07, 6.45) is 0. The Kier molecular flexibility index (Phi) is 4.92. The SMILES string of the molecule is CN(C)C(=O)CN(C)C(CN)c1ccsc1. The van der Waals surface area contributed by atoms with Gasteiger partial charge in [0.2, 0.25) is 5.91 Å². The fourth-order valence-corrected chi connectivity index (χ4v) is 2.21. The van der Waals surface area contributed by atoms with Crippen LogP contribution in [0.1, 0.15) is 11.6 Å². The summed E-state index contributed by atoms with van der Waals surface area (Å²) >= 11 is 1.65. The summed E-state index contributed by atoms with van der Waals surface area (Å²) in [5, 5.41) is 4.10. The summed E-state index contributed by atoms with van der Waals surface area (Å²) in [6, 6.07) is 2.17. The van der Waals surface area contributed by atoms with Crippen LogP contribution in [0.2, 0.25) is 0 Å². The van der Waals surface area contributed by atoms with E-state index in [-0.39, 0.29) is 11.9 Å². The van der Waals surface area contributed by atoms with Gasteiger partial charge >= 0.3 is 0 Å². The van der Waals surface area contributed by atoms with Crippen molar-refractivity contribution in [3.05, 3.63) is 22.4 Å². The maximum absolute atomic E-state index is 11.6. The molecule has 1 aromatic heterocycles. The predicted octanol–water partition coefficient (Wildman–Crippen LogP) is 0.768. The molecule has 0 saturated heterocycles. The van der Waals surface area contributed by atoms with Gasteiger partial charge in [-0.3, -0.25) is 9.69 Å². The normalized spacial score (nSPS) is 12.8. The highest BCUT2D eigenvalue weighted by molar-refractivity contribution is 7.07. The van der Waals surface area contributed by atoms with E-state index in [0.29, 0.717) is 13.1 Å². The molecule has 0 fully saturated rings. The molecular weight excluding hydrogens is 222 g/mol. The molecule has 1 heterocycles.